The number of amides is 3. The molecule has 9 heteroatoms. The molecule has 3 aromatic carbocycles. The summed E-state index contributed by atoms with van der Waals surface area (Å²) in [6.45, 7) is 1.84. The van der Waals surface area contributed by atoms with E-state index in [9.17, 15) is 23.2 Å². The van der Waals surface area contributed by atoms with Crippen LogP contribution in [0.2, 0.25) is 0 Å². The van der Waals surface area contributed by atoms with Crippen molar-refractivity contribution in [2.75, 3.05) is 26.2 Å². The van der Waals surface area contributed by atoms with Gasteiger partial charge in [0.1, 0.15) is 17.7 Å². The SMILES string of the molecule is NCC1CCC(CNC(=O)[C@H]2CC(N(CCc3ccccc3)C(=O)c3ccc(F)cc3)CCN2C(=O)c2ccc(F)cc2)CC1. The zero-order valence-electron chi connectivity index (χ0n) is 25.5. The molecule has 1 unspecified atom stereocenters. The maximum atomic E-state index is 13.9. The molecule has 2 fully saturated rings. The number of carbonyl (C=O) groups excluding carboxylic acids is 3. The van der Waals surface area contributed by atoms with Crippen LogP contribution in [0.4, 0.5) is 8.78 Å². The molecule has 1 saturated carbocycles. The van der Waals surface area contributed by atoms with Crippen LogP contribution >= 0.6 is 0 Å². The van der Waals surface area contributed by atoms with Crippen LogP contribution < -0.4 is 11.1 Å². The van der Waals surface area contributed by atoms with Gasteiger partial charge in [0, 0.05) is 36.8 Å². The maximum absolute atomic E-state index is 13.9. The molecule has 5 rings (SSSR count). The zero-order valence-corrected chi connectivity index (χ0v) is 25.5. The number of halogens is 2. The van der Waals surface area contributed by atoms with Gasteiger partial charge < -0.3 is 20.9 Å². The lowest BCUT2D eigenvalue weighted by Crippen LogP contribution is -2.58. The van der Waals surface area contributed by atoms with E-state index in [2.05, 4.69) is 5.32 Å². The highest BCUT2D eigenvalue weighted by atomic mass is 19.1. The second-order valence-electron chi connectivity index (χ2n) is 12.3. The summed E-state index contributed by atoms with van der Waals surface area (Å²) in [5, 5.41) is 3.12. The van der Waals surface area contributed by atoms with Gasteiger partial charge in [0.05, 0.1) is 0 Å². The first-order valence-corrected chi connectivity index (χ1v) is 16.0. The molecule has 238 valence electrons. The highest BCUT2D eigenvalue weighted by Crippen LogP contribution is 2.29. The number of piperidine rings is 1. The first-order valence-electron chi connectivity index (χ1n) is 16.0. The lowest BCUT2D eigenvalue weighted by Gasteiger charge is -2.43. The third-order valence-electron chi connectivity index (χ3n) is 9.37. The average molecular weight is 617 g/mol. The van der Waals surface area contributed by atoms with Gasteiger partial charge in [-0.05, 0) is 117 Å². The van der Waals surface area contributed by atoms with Gasteiger partial charge in [0.15, 0.2) is 0 Å². The molecule has 3 N–H and O–H groups in total. The van der Waals surface area contributed by atoms with Crippen molar-refractivity contribution in [2.24, 2.45) is 17.6 Å². The predicted octanol–water partition coefficient (Wildman–Crippen LogP) is 5.20. The Hall–Kier alpha value is -4.11. The van der Waals surface area contributed by atoms with Crippen LogP contribution in [0.3, 0.4) is 0 Å². The summed E-state index contributed by atoms with van der Waals surface area (Å²) in [4.78, 5) is 44.7. The van der Waals surface area contributed by atoms with Crippen molar-refractivity contribution in [1.82, 2.24) is 15.1 Å². The Morgan fingerprint density at radius 2 is 1.40 bits per heavy atom. The number of nitrogens with zero attached hydrogens (tertiary/aromatic N) is 2. The van der Waals surface area contributed by atoms with Crippen molar-refractivity contribution in [3.8, 4) is 0 Å². The first kappa shape index (κ1) is 32.3. The molecule has 45 heavy (non-hydrogen) atoms. The van der Waals surface area contributed by atoms with Gasteiger partial charge in [-0.3, -0.25) is 14.4 Å². The van der Waals surface area contributed by atoms with E-state index in [4.69, 9.17) is 5.73 Å². The predicted molar refractivity (Wildman–Crippen MR) is 169 cm³/mol. The summed E-state index contributed by atoms with van der Waals surface area (Å²) in [5.41, 5.74) is 7.59. The quantitative estimate of drug-likeness (QED) is 0.327. The number of nitrogens with one attached hydrogen (secondary N) is 1. The van der Waals surface area contributed by atoms with Gasteiger partial charge in [0.25, 0.3) is 11.8 Å². The number of nitrogens with two attached hydrogens (primary N) is 1. The van der Waals surface area contributed by atoms with Gasteiger partial charge in [-0.1, -0.05) is 30.3 Å². The fraction of sp³-hybridized carbons (Fsp3) is 0.417. The molecule has 2 aliphatic rings. The number of rotatable bonds is 10. The molecule has 1 heterocycles. The molecule has 3 amide bonds. The molecule has 1 saturated heterocycles. The van der Waals surface area contributed by atoms with Crippen LogP contribution in [0.5, 0.6) is 0 Å². The van der Waals surface area contributed by atoms with Crippen LogP contribution in [0, 0.1) is 23.5 Å². The molecule has 0 bridgehead atoms. The fourth-order valence-corrected chi connectivity index (χ4v) is 6.62. The van der Waals surface area contributed by atoms with E-state index in [1.54, 1.807) is 9.80 Å². The third-order valence-corrected chi connectivity index (χ3v) is 9.37. The number of hydrogen-bond acceptors (Lipinski definition) is 4. The van der Waals surface area contributed by atoms with E-state index in [0.29, 0.717) is 55.4 Å². The Labute approximate surface area is 263 Å². The van der Waals surface area contributed by atoms with Gasteiger partial charge in [0.2, 0.25) is 5.91 Å². The Bertz CT molecular complexity index is 1430. The summed E-state index contributed by atoms with van der Waals surface area (Å²) in [5.74, 6) is -0.850. The second-order valence-corrected chi connectivity index (χ2v) is 12.3. The Morgan fingerprint density at radius 1 is 0.800 bits per heavy atom. The standard InChI is InChI=1S/C36H42F2N4O3/c37-30-14-10-28(11-15-30)35(44)41(20-18-25-4-2-1-3-5-25)32-19-21-42(36(45)29-12-16-31(38)17-13-29)33(22-32)34(43)40-24-27-8-6-26(23-39)7-9-27/h1-5,10-17,26-27,32-33H,6-9,18-24,39H2,(H,40,43)/t26?,27?,32?,33-/m1/s1. The van der Waals surface area contributed by atoms with Crippen molar-refractivity contribution in [2.45, 2.75) is 57.0 Å². The molecule has 0 spiro atoms. The number of benzene rings is 3. The summed E-state index contributed by atoms with van der Waals surface area (Å²) in [6, 6.07) is 19.5. The van der Waals surface area contributed by atoms with Crippen molar-refractivity contribution in [1.29, 1.82) is 0 Å². The van der Waals surface area contributed by atoms with Gasteiger partial charge in [-0.25, -0.2) is 8.78 Å². The van der Waals surface area contributed by atoms with Gasteiger partial charge in [-0.15, -0.1) is 0 Å². The Kier molecular flexibility index (Phi) is 10.9. The van der Waals surface area contributed by atoms with Crippen LogP contribution in [-0.4, -0.2) is 65.8 Å². The third kappa shape index (κ3) is 8.34. The van der Waals surface area contributed by atoms with Crippen LogP contribution in [0.15, 0.2) is 78.9 Å². The molecule has 0 aromatic heterocycles. The van der Waals surface area contributed by atoms with Crippen LogP contribution in [0.1, 0.15) is 64.8 Å². The highest BCUT2D eigenvalue weighted by Gasteiger charge is 2.40. The first-order chi connectivity index (χ1) is 21.8. The number of hydrogen-bond donors (Lipinski definition) is 2. The summed E-state index contributed by atoms with van der Waals surface area (Å²) in [6.07, 6.45) is 5.38. The second kappa shape index (κ2) is 15.3. The minimum absolute atomic E-state index is 0.245. The molecule has 2 atom stereocenters. The largest absolute Gasteiger partial charge is 0.354 e. The molecule has 0 radical (unpaired) electrons. The van der Waals surface area contributed by atoms with Gasteiger partial charge in [-0.2, -0.15) is 0 Å². The minimum atomic E-state index is -0.818. The molecule has 7 nitrogen and oxygen atoms in total. The van der Waals surface area contributed by atoms with E-state index in [1.807, 2.05) is 30.3 Å². The maximum Gasteiger partial charge on any atom is 0.254 e. The van der Waals surface area contributed by atoms with E-state index < -0.39 is 17.7 Å². The monoisotopic (exact) mass is 616 g/mol. The van der Waals surface area contributed by atoms with E-state index in [-0.39, 0.29) is 36.7 Å². The van der Waals surface area contributed by atoms with E-state index in [1.165, 1.54) is 48.5 Å². The van der Waals surface area contributed by atoms with Gasteiger partial charge >= 0.3 is 0 Å². The molecular weight excluding hydrogens is 574 g/mol. The molecular formula is C36H42F2N4O3. The van der Waals surface area contributed by atoms with Crippen LogP contribution in [0.25, 0.3) is 0 Å². The number of carbonyl (C=O) groups is 3. The van der Waals surface area contributed by atoms with Crippen molar-refractivity contribution in [3.05, 3.63) is 107 Å². The van der Waals surface area contributed by atoms with E-state index >= 15 is 0 Å². The fourth-order valence-electron chi connectivity index (χ4n) is 6.62. The lowest BCUT2D eigenvalue weighted by molar-refractivity contribution is -0.127. The van der Waals surface area contributed by atoms with E-state index in [0.717, 1.165) is 31.2 Å². The lowest BCUT2D eigenvalue weighted by atomic mass is 9.82. The minimum Gasteiger partial charge on any atom is -0.354 e. The molecule has 1 aliphatic heterocycles. The summed E-state index contributed by atoms with van der Waals surface area (Å²) < 4.78 is 27.3. The summed E-state index contributed by atoms with van der Waals surface area (Å²) in [7, 11) is 0. The number of likely N-dealkylation sites (tertiary alicyclic amines) is 1. The highest BCUT2D eigenvalue weighted by molar-refractivity contribution is 5.98. The zero-order chi connectivity index (χ0) is 31.8. The molecule has 1 aliphatic carbocycles. The average Bonchev–Trinajstić information content (AvgIpc) is 3.08. The topological polar surface area (TPSA) is 95.7 Å². The van der Waals surface area contributed by atoms with Crippen molar-refractivity contribution < 1.29 is 23.2 Å². The van der Waals surface area contributed by atoms with Crippen molar-refractivity contribution >= 4 is 17.7 Å². The Balaban J connectivity index is 1.37. The normalized spacial score (nSPS) is 21.6. The van der Waals surface area contributed by atoms with Crippen molar-refractivity contribution in [3.63, 3.8) is 0 Å². The Morgan fingerprint density at radius 3 is 2.02 bits per heavy atom. The van der Waals surface area contributed by atoms with Crippen LogP contribution in [-0.2, 0) is 11.2 Å². The smallest absolute Gasteiger partial charge is 0.254 e. The molecule has 3 aromatic rings. The summed E-state index contributed by atoms with van der Waals surface area (Å²) >= 11 is 0.